The number of H-pyrrole nitrogens is 1. The summed E-state index contributed by atoms with van der Waals surface area (Å²) in [5, 5.41) is 2.42. The van der Waals surface area contributed by atoms with E-state index in [4.69, 9.17) is 9.11 Å². The molecule has 4 aromatic rings. The van der Waals surface area contributed by atoms with Crippen molar-refractivity contribution >= 4 is 38.3 Å². The maximum atomic E-state index is 12.2. The number of fused-ring (bicyclic) bond motifs is 4. The standard InChI is InChI=1S/C26H28N4O2S/c31-26-20-7-3-6-19(20)22-17-18(9-10-23(22)27-26)32-16-4-11-29-12-14-30(15-13-29)25-21-5-1-2-8-24(21)33-28-25/h1-2,5,8-10,17H,3-4,6-7,11-16H2,(H,27,31). The number of nitrogens with one attached hydrogen (secondary N) is 1. The molecule has 0 radical (unpaired) electrons. The molecule has 2 aliphatic rings. The second-order valence-electron chi connectivity index (χ2n) is 9.01. The lowest BCUT2D eigenvalue weighted by Crippen LogP contribution is -2.47. The van der Waals surface area contributed by atoms with Crippen LogP contribution in [0.25, 0.3) is 21.0 Å². The Hall–Kier alpha value is -2.90. The quantitative estimate of drug-likeness (QED) is 0.437. The molecule has 0 saturated carbocycles. The van der Waals surface area contributed by atoms with Crippen LogP contribution in [0.15, 0.2) is 47.3 Å². The Kier molecular flexibility index (Phi) is 5.52. The first-order chi connectivity index (χ1) is 16.3. The van der Waals surface area contributed by atoms with E-state index in [9.17, 15) is 4.79 Å². The zero-order valence-electron chi connectivity index (χ0n) is 18.7. The molecule has 33 heavy (non-hydrogen) atoms. The molecule has 1 aliphatic carbocycles. The summed E-state index contributed by atoms with van der Waals surface area (Å²) in [6, 6.07) is 14.6. The van der Waals surface area contributed by atoms with Crippen LogP contribution in [0.1, 0.15) is 24.0 Å². The molecule has 1 fully saturated rings. The van der Waals surface area contributed by atoms with Gasteiger partial charge in [-0.15, -0.1) is 0 Å². The van der Waals surface area contributed by atoms with Crippen molar-refractivity contribution in [2.45, 2.75) is 25.7 Å². The molecule has 170 valence electrons. The van der Waals surface area contributed by atoms with Crippen LogP contribution in [0.4, 0.5) is 5.82 Å². The van der Waals surface area contributed by atoms with Gasteiger partial charge in [0.2, 0.25) is 0 Å². The fourth-order valence-corrected chi connectivity index (χ4v) is 6.02. The molecule has 6 nitrogen and oxygen atoms in total. The van der Waals surface area contributed by atoms with Crippen molar-refractivity contribution < 1.29 is 4.74 Å². The van der Waals surface area contributed by atoms with Crippen molar-refractivity contribution in [2.24, 2.45) is 0 Å². The van der Waals surface area contributed by atoms with Crippen LogP contribution < -0.4 is 15.2 Å². The van der Waals surface area contributed by atoms with Crippen LogP contribution in [0, 0.1) is 0 Å². The van der Waals surface area contributed by atoms with Gasteiger partial charge < -0.3 is 14.6 Å². The van der Waals surface area contributed by atoms with Crippen LogP contribution in [0.5, 0.6) is 5.75 Å². The molecule has 6 rings (SSSR count). The lowest BCUT2D eigenvalue weighted by molar-refractivity contribution is 0.224. The van der Waals surface area contributed by atoms with Gasteiger partial charge in [-0.1, -0.05) is 12.1 Å². The van der Waals surface area contributed by atoms with E-state index < -0.39 is 0 Å². The summed E-state index contributed by atoms with van der Waals surface area (Å²) in [5.74, 6) is 2.03. The Morgan fingerprint density at radius 3 is 2.76 bits per heavy atom. The average Bonchev–Trinajstić information content (AvgIpc) is 3.51. The van der Waals surface area contributed by atoms with E-state index in [1.165, 1.54) is 15.6 Å². The fraction of sp³-hybridized carbons (Fsp3) is 0.385. The van der Waals surface area contributed by atoms with E-state index in [1.54, 1.807) is 11.5 Å². The van der Waals surface area contributed by atoms with Gasteiger partial charge in [0, 0.05) is 54.6 Å². The van der Waals surface area contributed by atoms with Gasteiger partial charge >= 0.3 is 0 Å². The number of aryl methyl sites for hydroxylation is 1. The molecule has 1 saturated heterocycles. The number of nitrogens with zero attached hydrogens (tertiary/aromatic N) is 3. The van der Waals surface area contributed by atoms with Gasteiger partial charge in [-0.25, -0.2) is 0 Å². The smallest absolute Gasteiger partial charge is 0.251 e. The van der Waals surface area contributed by atoms with E-state index in [1.807, 2.05) is 12.1 Å². The minimum atomic E-state index is 0.0757. The summed E-state index contributed by atoms with van der Waals surface area (Å²) < 4.78 is 12.1. The molecule has 1 aliphatic heterocycles. The predicted molar refractivity (Wildman–Crippen MR) is 135 cm³/mol. The van der Waals surface area contributed by atoms with Crippen molar-refractivity contribution in [3.63, 3.8) is 0 Å². The Morgan fingerprint density at radius 2 is 1.85 bits per heavy atom. The summed E-state index contributed by atoms with van der Waals surface area (Å²) in [4.78, 5) is 20.2. The number of anilines is 1. The molecule has 0 amide bonds. The number of hydrogen-bond acceptors (Lipinski definition) is 6. The Bertz CT molecular complexity index is 1350. The summed E-state index contributed by atoms with van der Waals surface area (Å²) in [6.45, 7) is 5.89. The molecule has 7 heteroatoms. The highest BCUT2D eigenvalue weighted by Crippen LogP contribution is 2.30. The zero-order valence-corrected chi connectivity index (χ0v) is 19.5. The molecule has 2 aromatic heterocycles. The highest BCUT2D eigenvalue weighted by molar-refractivity contribution is 7.13. The number of benzene rings is 2. The lowest BCUT2D eigenvalue weighted by Gasteiger charge is -2.35. The first-order valence-electron chi connectivity index (χ1n) is 11.9. The number of piperazine rings is 1. The normalized spacial score (nSPS) is 16.5. The Labute approximate surface area is 197 Å². The second kappa shape index (κ2) is 8.80. The summed E-state index contributed by atoms with van der Waals surface area (Å²) in [5.41, 5.74) is 3.17. The van der Waals surface area contributed by atoms with E-state index >= 15 is 0 Å². The average molecular weight is 461 g/mol. The van der Waals surface area contributed by atoms with Crippen LogP contribution >= 0.6 is 11.5 Å². The SMILES string of the molecule is O=c1[nH]c2ccc(OCCCN3CCN(c4nsc5ccccc45)CC3)cc2c2c1CCC2. The fourth-order valence-electron chi connectivity index (χ4n) is 5.22. The molecule has 2 aromatic carbocycles. The third-order valence-corrected chi connectivity index (χ3v) is 7.79. The van der Waals surface area contributed by atoms with Gasteiger partial charge in [0.15, 0.2) is 0 Å². The van der Waals surface area contributed by atoms with Gasteiger partial charge in [-0.3, -0.25) is 9.69 Å². The molecule has 0 atom stereocenters. The molecular formula is C26H28N4O2S. The van der Waals surface area contributed by atoms with Crippen LogP contribution in [-0.2, 0) is 12.8 Å². The first kappa shape index (κ1) is 20.7. The Balaban J connectivity index is 1.02. The van der Waals surface area contributed by atoms with Crippen molar-refractivity contribution in [1.29, 1.82) is 0 Å². The number of rotatable bonds is 6. The summed E-state index contributed by atoms with van der Waals surface area (Å²) in [7, 11) is 0. The number of pyridine rings is 1. The number of ether oxygens (including phenoxy) is 1. The molecule has 0 unspecified atom stereocenters. The summed E-state index contributed by atoms with van der Waals surface area (Å²) in [6.07, 6.45) is 3.94. The van der Waals surface area contributed by atoms with Crippen molar-refractivity contribution in [3.8, 4) is 5.75 Å². The molecular weight excluding hydrogens is 432 g/mol. The first-order valence-corrected chi connectivity index (χ1v) is 12.7. The van der Waals surface area contributed by atoms with Crippen LogP contribution in [-0.4, -0.2) is 53.6 Å². The van der Waals surface area contributed by atoms with Gasteiger partial charge in [0.05, 0.1) is 11.3 Å². The van der Waals surface area contributed by atoms with E-state index in [0.717, 1.165) is 86.4 Å². The highest BCUT2D eigenvalue weighted by atomic mass is 32.1. The zero-order chi connectivity index (χ0) is 22.2. The molecule has 0 spiro atoms. The molecule has 0 bridgehead atoms. The van der Waals surface area contributed by atoms with Crippen molar-refractivity contribution in [3.05, 3.63) is 63.9 Å². The monoisotopic (exact) mass is 460 g/mol. The number of aromatic nitrogens is 2. The molecule has 1 N–H and O–H groups in total. The van der Waals surface area contributed by atoms with Crippen LogP contribution in [0.2, 0.25) is 0 Å². The van der Waals surface area contributed by atoms with Gasteiger partial charge in [0.1, 0.15) is 11.6 Å². The van der Waals surface area contributed by atoms with Crippen molar-refractivity contribution in [1.82, 2.24) is 14.3 Å². The number of hydrogen-bond donors (Lipinski definition) is 1. The largest absolute Gasteiger partial charge is 0.494 e. The third kappa shape index (κ3) is 4.00. The van der Waals surface area contributed by atoms with E-state index in [2.05, 4.69) is 45.1 Å². The Morgan fingerprint density at radius 1 is 1.00 bits per heavy atom. The maximum absolute atomic E-state index is 12.2. The number of aromatic amines is 1. The highest BCUT2D eigenvalue weighted by Gasteiger charge is 2.21. The second-order valence-corrected chi connectivity index (χ2v) is 9.81. The lowest BCUT2D eigenvalue weighted by atomic mass is 10.1. The third-order valence-electron chi connectivity index (χ3n) is 6.97. The minimum absolute atomic E-state index is 0.0757. The molecule has 3 heterocycles. The van der Waals surface area contributed by atoms with Gasteiger partial charge in [-0.2, -0.15) is 4.37 Å². The predicted octanol–water partition coefficient (Wildman–Crippen LogP) is 4.22. The van der Waals surface area contributed by atoms with Gasteiger partial charge in [-0.05, 0) is 73.1 Å². The minimum Gasteiger partial charge on any atom is -0.494 e. The van der Waals surface area contributed by atoms with Crippen molar-refractivity contribution in [2.75, 3.05) is 44.2 Å². The maximum Gasteiger partial charge on any atom is 0.251 e. The van der Waals surface area contributed by atoms with E-state index in [-0.39, 0.29) is 5.56 Å². The van der Waals surface area contributed by atoms with Crippen LogP contribution in [0.3, 0.4) is 0 Å². The summed E-state index contributed by atoms with van der Waals surface area (Å²) >= 11 is 1.59. The van der Waals surface area contributed by atoms with E-state index in [0.29, 0.717) is 6.61 Å². The van der Waals surface area contributed by atoms with Gasteiger partial charge in [0.25, 0.3) is 5.56 Å². The topological polar surface area (TPSA) is 61.5 Å².